The van der Waals surface area contributed by atoms with Gasteiger partial charge in [0.25, 0.3) is 5.56 Å². The van der Waals surface area contributed by atoms with Crippen molar-refractivity contribution >= 4 is 11.8 Å². The van der Waals surface area contributed by atoms with Crippen molar-refractivity contribution in [3.63, 3.8) is 0 Å². The number of esters is 1. The van der Waals surface area contributed by atoms with Gasteiger partial charge in [0.2, 0.25) is 0 Å². The fourth-order valence-corrected chi connectivity index (χ4v) is 3.28. The van der Waals surface area contributed by atoms with Gasteiger partial charge in [0.1, 0.15) is 6.61 Å². The normalized spacial score (nSPS) is 10.2. The molecule has 0 aliphatic rings. The van der Waals surface area contributed by atoms with Crippen LogP contribution in [0.2, 0.25) is 0 Å². The average Bonchev–Trinajstić information content (AvgIpc) is 2.81. The lowest BCUT2D eigenvalue weighted by atomic mass is 10.1. The van der Waals surface area contributed by atoms with Crippen LogP contribution in [0, 0.1) is 13.8 Å². The lowest BCUT2D eigenvalue weighted by Gasteiger charge is -2.07. The SMILES string of the molecule is CCOC(=O)Cc1cccc(Cn2nc(C)ccc2=O)c1.Cc1cccc(CCC(=O)CO)c1. The Labute approximate surface area is 200 Å². The number of ketones is 1. The Balaban J connectivity index is 0.000000270. The molecular formula is C27H32N2O5. The van der Waals surface area contributed by atoms with Crippen molar-refractivity contribution in [2.75, 3.05) is 13.2 Å². The van der Waals surface area contributed by atoms with Crippen molar-refractivity contribution in [1.29, 1.82) is 0 Å². The highest BCUT2D eigenvalue weighted by Gasteiger charge is 2.06. The molecule has 1 heterocycles. The van der Waals surface area contributed by atoms with E-state index in [0.29, 0.717) is 19.6 Å². The van der Waals surface area contributed by atoms with E-state index in [1.165, 1.54) is 16.3 Å². The van der Waals surface area contributed by atoms with E-state index in [1.807, 2.05) is 56.3 Å². The van der Waals surface area contributed by atoms with E-state index < -0.39 is 0 Å². The molecule has 0 saturated carbocycles. The minimum Gasteiger partial charge on any atom is -0.466 e. The molecule has 0 radical (unpaired) electrons. The van der Waals surface area contributed by atoms with Gasteiger partial charge in [-0.05, 0) is 49.9 Å². The standard InChI is InChI=1S/C16H18N2O3.C11H14O2/c1-3-21-16(20)10-13-5-4-6-14(9-13)11-18-15(19)8-7-12(2)17-18;1-9-3-2-4-10(7-9)5-6-11(13)8-12/h4-9H,3,10-11H2,1-2H3;2-4,7,12H,5-6,8H2,1H3. The number of nitrogens with zero attached hydrogens (tertiary/aromatic N) is 2. The highest BCUT2D eigenvalue weighted by atomic mass is 16.5. The van der Waals surface area contributed by atoms with Crippen LogP contribution in [0.1, 0.15) is 41.3 Å². The molecule has 0 aliphatic heterocycles. The topological polar surface area (TPSA) is 98.5 Å². The molecule has 1 aromatic heterocycles. The van der Waals surface area contributed by atoms with Crippen molar-refractivity contribution in [2.24, 2.45) is 0 Å². The number of rotatable bonds is 9. The van der Waals surface area contributed by atoms with E-state index in [1.54, 1.807) is 13.0 Å². The van der Waals surface area contributed by atoms with Crippen molar-refractivity contribution in [3.05, 3.63) is 99.0 Å². The molecule has 3 rings (SSSR count). The van der Waals surface area contributed by atoms with Crippen molar-refractivity contribution < 1.29 is 19.4 Å². The van der Waals surface area contributed by atoms with Gasteiger partial charge in [0.05, 0.1) is 25.3 Å². The Hall–Kier alpha value is -3.58. The van der Waals surface area contributed by atoms with Gasteiger partial charge >= 0.3 is 5.97 Å². The molecule has 34 heavy (non-hydrogen) atoms. The number of Topliss-reactive ketones (excluding diaryl/α,β-unsaturated/α-hetero) is 1. The maximum Gasteiger partial charge on any atom is 0.310 e. The van der Waals surface area contributed by atoms with Gasteiger partial charge < -0.3 is 9.84 Å². The molecule has 3 aromatic rings. The summed E-state index contributed by atoms with van der Waals surface area (Å²) in [6.07, 6.45) is 1.39. The summed E-state index contributed by atoms with van der Waals surface area (Å²) < 4.78 is 6.35. The Kier molecular flexibility index (Phi) is 10.9. The monoisotopic (exact) mass is 464 g/mol. The van der Waals surface area contributed by atoms with Gasteiger partial charge in [-0.1, -0.05) is 54.1 Å². The third-order valence-electron chi connectivity index (χ3n) is 4.93. The lowest BCUT2D eigenvalue weighted by molar-refractivity contribution is -0.142. The summed E-state index contributed by atoms with van der Waals surface area (Å²) in [5, 5.41) is 12.7. The number of benzene rings is 2. The van der Waals surface area contributed by atoms with Gasteiger partial charge in [-0.2, -0.15) is 5.10 Å². The molecule has 0 amide bonds. The van der Waals surface area contributed by atoms with Crippen LogP contribution in [0.3, 0.4) is 0 Å². The summed E-state index contributed by atoms with van der Waals surface area (Å²) >= 11 is 0. The van der Waals surface area contributed by atoms with E-state index >= 15 is 0 Å². The second-order valence-electron chi connectivity index (χ2n) is 7.96. The first-order valence-corrected chi connectivity index (χ1v) is 11.3. The molecule has 0 atom stereocenters. The van der Waals surface area contributed by atoms with Gasteiger partial charge in [0, 0.05) is 12.5 Å². The van der Waals surface area contributed by atoms with Gasteiger partial charge in [-0.15, -0.1) is 0 Å². The van der Waals surface area contributed by atoms with Crippen LogP contribution >= 0.6 is 0 Å². The van der Waals surface area contributed by atoms with Crippen LogP contribution in [-0.2, 0) is 33.7 Å². The summed E-state index contributed by atoms with van der Waals surface area (Å²) in [5.74, 6) is -0.345. The molecule has 7 nitrogen and oxygen atoms in total. The first kappa shape index (κ1) is 26.7. The Bertz CT molecular complexity index is 1150. The van der Waals surface area contributed by atoms with Crippen LogP contribution < -0.4 is 5.56 Å². The lowest BCUT2D eigenvalue weighted by Crippen LogP contribution is -2.23. The number of aryl methyl sites for hydroxylation is 3. The average molecular weight is 465 g/mol. The fourth-order valence-electron chi connectivity index (χ4n) is 3.28. The summed E-state index contributed by atoms with van der Waals surface area (Å²) in [4.78, 5) is 34.1. The van der Waals surface area contributed by atoms with Crippen molar-refractivity contribution in [3.8, 4) is 0 Å². The third-order valence-corrected chi connectivity index (χ3v) is 4.93. The first-order valence-electron chi connectivity index (χ1n) is 11.3. The van der Waals surface area contributed by atoms with Crippen LogP contribution in [0.25, 0.3) is 0 Å². The number of carbonyl (C=O) groups excluding carboxylic acids is 2. The van der Waals surface area contributed by atoms with E-state index in [-0.39, 0.29) is 30.3 Å². The van der Waals surface area contributed by atoms with Crippen LogP contribution in [0.5, 0.6) is 0 Å². The summed E-state index contributed by atoms with van der Waals surface area (Å²) in [6, 6.07) is 18.8. The van der Waals surface area contributed by atoms with Crippen LogP contribution in [0.4, 0.5) is 0 Å². The van der Waals surface area contributed by atoms with Crippen molar-refractivity contribution in [1.82, 2.24) is 9.78 Å². The molecule has 0 spiro atoms. The molecule has 2 aromatic carbocycles. The molecule has 0 bridgehead atoms. The predicted octanol–water partition coefficient (Wildman–Crippen LogP) is 3.19. The number of hydrogen-bond acceptors (Lipinski definition) is 6. The third kappa shape index (κ3) is 9.50. The maximum absolute atomic E-state index is 11.7. The largest absolute Gasteiger partial charge is 0.466 e. The number of carbonyl (C=O) groups is 2. The van der Waals surface area contributed by atoms with Gasteiger partial charge in [-0.3, -0.25) is 14.4 Å². The van der Waals surface area contributed by atoms with E-state index in [9.17, 15) is 14.4 Å². The summed E-state index contributed by atoms with van der Waals surface area (Å²) in [6.45, 7) is 6.07. The summed E-state index contributed by atoms with van der Waals surface area (Å²) in [5.41, 5.74) is 4.80. The number of aliphatic hydroxyl groups excluding tert-OH is 1. The molecule has 0 fully saturated rings. The number of aromatic nitrogens is 2. The fraction of sp³-hybridized carbons (Fsp3) is 0.333. The van der Waals surface area contributed by atoms with Crippen LogP contribution in [0.15, 0.2) is 65.5 Å². The van der Waals surface area contributed by atoms with E-state index in [0.717, 1.165) is 28.8 Å². The first-order chi connectivity index (χ1) is 16.3. The second-order valence-corrected chi connectivity index (χ2v) is 7.96. The number of aliphatic hydroxyl groups is 1. The molecule has 0 aliphatic carbocycles. The van der Waals surface area contributed by atoms with E-state index in [2.05, 4.69) is 11.2 Å². The smallest absolute Gasteiger partial charge is 0.310 e. The highest BCUT2D eigenvalue weighted by molar-refractivity contribution is 5.79. The molecule has 1 N–H and O–H groups in total. The Morgan fingerprint density at radius 2 is 1.68 bits per heavy atom. The predicted molar refractivity (Wildman–Crippen MR) is 131 cm³/mol. The minimum absolute atomic E-state index is 0.0958. The van der Waals surface area contributed by atoms with Crippen molar-refractivity contribution in [2.45, 2.75) is 46.6 Å². The van der Waals surface area contributed by atoms with Crippen LogP contribution in [-0.4, -0.2) is 39.9 Å². The zero-order valence-corrected chi connectivity index (χ0v) is 20.0. The zero-order chi connectivity index (χ0) is 24.9. The summed E-state index contributed by atoms with van der Waals surface area (Å²) in [7, 11) is 0. The molecular weight excluding hydrogens is 432 g/mol. The van der Waals surface area contributed by atoms with E-state index in [4.69, 9.17) is 9.84 Å². The molecule has 0 unspecified atom stereocenters. The Morgan fingerprint density at radius 3 is 2.38 bits per heavy atom. The Morgan fingerprint density at radius 1 is 0.971 bits per heavy atom. The van der Waals surface area contributed by atoms with Gasteiger partial charge in [-0.25, -0.2) is 4.68 Å². The maximum atomic E-state index is 11.7. The molecule has 180 valence electrons. The number of hydrogen-bond donors (Lipinski definition) is 1. The molecule has 0 saturated heterocycles. The second kappa shape index (κ2) is 13.9. The number of ether oxygens (including phenoxy) is 1. The zero-order valence-electron chi connectivity index (χ0n) is 20.0. The minimum atomic E-state index is -0.341. The quantitative estimate of drug-likeness (QED) is 0.489. The van der Waals surface area contributed by atoms with Gasteiger partial charge in [0.15, 0.2) is 5.78 Å². The highest BCUT2D eigenvalue weighted by Crippen LogP contribution is 2.08. The molecule has 7 heteroatoms.